The standard InChI is InChI=1S/C10H19NO3/c1-6(2)8(4)10(14)11-7(3)5-9(12)13/h6-8H,5H2,1-4H3,(H,11,14)(H,12,13). The lowest BCUT2D eigenvalue weighted by Gasteiger charge is -2.18. The summed E-state index contributed by atoms with van der Waals surface area (Å²) in [5.41, 5.74) is 0. The molecule has 0 aromatic carbocycles. The molecule has 2 unspecified atom stereocenters. The van der Waals surface area contributed by atoms with Crippen LogP contribution in [0.3, 0.4) is 0 Å². The summed E-state index contributed by atoms with van der Waals surface area (Å²) >= 11 is 0. The molecular weight excluding hydrogens is 182 g/mol. The second-order valence-electron chi connectivity index (χ2n) is 4.04. The van der Waals surface area contributed by atoms with Crippen molar-refractivity contribution in [2.45, 2.75) is 40.2 Å². The highest BCUT2D eigenvalue weighted by atomic mass is 16.4. The van der Waals surface area contributed by atoms with E-state index >= 15 is 0 Å². The van der Waals surface area contributed by atoms with Crippen LogP contribution in [0.2, 0.25) is 0 Å². The maximum atomic E-state index is 11.5. The van der Waals surface area contributed by atoms with E-state index in [-0.39, 0.29) is 30.2 Å². The highest BCUT2D eigenvalue weighted by Gasteiger charge is 2.19. The second-order valence-corrected chi connectivity index (χ2v) is 4.04. The Morgan fingerprint density at radius 1 is 1.21 bits per heavy atom. The molecule has 0 rings (SSSR count). The number of nitrogens with one attached hydrogen (secondary N) is 1. The summed E-state index contributed by atoms with van der Waals surface area (Å²) in [6.45, 7) is 7.46. The highest BCUT2D eigenvalue weighted by molar-refractivity contribution is 5.79. The fraction of sp³-hybridized carbons (Fsp3) is 0.800. The molecule has 0 bridgehead atoms. The fourth-order valence-electron chi connectivity index (χ4n) is 0.990. The fourth-order valence-corrected chi connectivity index (χ4v) is 0.990. The third-order valence-corrected chi connectivity index (χ3v) is 2.28. The second kappa shape index (κ2) is 5.62. The van der Waals surface area contributed by atoms with Crippen LogP contribution in [0, 0.1) is 11.8 Å². The van der Waals surface area contributed by atoms with Gasteiger partial charge in [-0.05, 0) is 12.8 Å². The predicted molar refractivity (Wildman–Crippen MR) is 53.9 cm³/mol. The maximum absolute atomic E-state index is 11.5. The van der Waals surface area contributed by atoms with Crippen molar-refractivity contribution in [1.29, 1.82) is 0 Å². The summed E-state index contributed by atoms with van der Waals surface area (Å²) in [6.07, 6.45) is -0.0312. The number of hydrogen-bond donors (Lipinski definition) is 2. The Kier molecular flexibility index (Phi) is 5.20. The Morgan fingerprint density at radius 3 is 2.07 bits per heavy atom. The van der Waals surface area contributed by atoms with Gasteiger partial charge in [0.15, 0.2) is 0 Å². The van der Waals surface area contributed by atoms with Gasteiger partial charge >= 0.3 is 5.97 Å². The number of carboxylic acids is 1. The highest BCUT2D eigenvalue weighted by Crippen LogP contribution is 2.09. The van der Waals surface area contributed by atoms with E-state index in [9.17, 15) is 9.59 Å². The lowest BCUT2D eigenvalue weighted by molar-refractivity contribution is -0.137. The Bertz CT molecular complexity index is 213. The van der Waals surface area contributed by atoms with Gasteiger partial charge in [-0.3, -0.25) is 9.59 Å². The Morgan fingerprint density at radius 2 is 1.71 bits per heavy atom. The third kappa shape index (κ3) is 4.84. The Balaban J connectivity index is 3.99. The summed E-state index contributed by atoms with van der Waals surface area (Å²) < 4.78 is 0. The molecular formula is C10H19NO3. The van der Waals surface area contributed by atoms with Gasteiger partial charge in [0.1, 0.15) is 0 Å². The topological polar surface area (TPSA) is 66.4 Å². The number of carbonyl (C=O) groups excluding carboxylic acids is 1. The van der Waals surface area contributed by atoms with Crippen LogP contribution in [-0.2, 0) is 9.59 Å². The van der Waals surface area contributed by atoms with E-state index in [0.717, 1.165) is 0 Å². The van der Waals surface area contributed by atoms with Crippen LogP contribution in [0.15, 0.2) is 0 Å². The normalized spacial score (nSPS) is 14.9. The van der Waals surface area contributed by atoms with Crippen molar-refractivity contribution in [3.05, 3.63) is 0 Å². The van der Waals surface area contributed by atoms with Crippen LogP contribution in [0.5, 0.6) is 0 Å². The molecule has 2 atom stereocenters. The zero-order valence-corrected chi connectivity index (χ0v) is 9.20. The van der Waals surface area contributed by atoms with Crippen LogP contribution in [0.1, 0.15) is 34.1 Å². The maximum Gasteiger partial charge on any atom is 0.305 e. The van der Waals surface area contributed by atoms with Gasteiger partial charge < -0.3 is 10.4 Å². The van der Waals surface area contributed by atoms with Gasteiger partial charge in [-0.25, -0.2) is 0 Å². The molecule has 0 spiro atoms. The molecule has 0 heterocycles. The van der Waals surface area contributed by atoms with E-state index < -0.39 is 5.97 Å². The van der Waals surface area contributed by atoms with Crippen molar-refractivity contribution < 1.29 is 14.7 Å². The average molecular weight is 201 g/mol. The van der Waals surface area contributed by atoms with Crippen molar-refractivity contribution in [3.8, 4) is 0 Å². The van der Waals surface area contributed by atoms with Gasteiger partial charge in [-0.15, -0.1) is 0 Å². The summed E-state index contributed by atoms with van der Waals surface area (Å²) in [5, 5.41) is 11.2. The molecule has 2 N–H and O–H groups in total. The molecule has 82 valence electrons. The van der Waals surface area contributed by atoms with Gasteiger partial charge in [0.05, 0.1) is 6.42 Å². The minimum atomic E-state index is -0.894. The van der Waals surface area contributed by atoms with Crippen LogP contribution >= 0.6 is 0 Å². The zero-order chi connectivity index (χ0) is 11.3. The van der Waals surface area contributed by atoms with Crippen molar-refractivity contribution in [1.82, 2.24) is 5.32 Å². The van der Waals surface area contributed by atoms with E-state index in [4.69, 9.17) is 5.11 Å². The first-order chi connectivity index (χ1) is 6.34. The van der Waals surface area contributed by atoms with Gasteiger partial charge in [0.2, 0.25) is 5.91 Å². The van der Waals surface area contributed by atoms with Gasteiger partial charge in [-0.1, -0.05) is 20.8 Å². The number of amides is 1. The molecule has 0 saturated carbocycles. The summed E-state index contributed by atoms with van der Waals surface area (Å²) in [4.78, 5) is 21.8. The van der Waals surface area contributed by atoms with E-state index in [0.29, 0.717) is 0 Å². The van der Waals surface area contributed by atoms with Crippen LogP contribution < -0.4 is 5.32 Å². The summed E-state index contributed by atoms with van der Waals surface area (Å²) in [7, 11) is 0. The molecule has 0 saturated heterocycles. The van der Waals surface area contributed by atoms with Crippen molar-refractivity contribution in [2.24, 2.45) is 11.8 Å². The first-order valence-corrected chi connectivity index (χ1v) is 4.86. The Hall–Kier alpha value is -1.06. The smallest absolute Gasteiger partial charge is 0.305 e. The van der Waals surface area contributed by atoms with E-state index in [1.807, 2.05) is 20.8 Å². The molecule has 0 radical (unpaired) electrons. The molecule has 4 heteroatoms. The molecule has 0 aromatic rings. The monoisotopic (exact) mass is 201 g/mol. The number of hydrogen-bond acceptors (Lipinski definition) is 2. The van der Waals surface area contributed by atoms with E-state index in [1.54, 1.807) is 6.92 Å². The minimum Gasteiger partial charge on any atom is -0.481 e. The Labute approximate surface area is 84.7 Å². The molecule has 0 fully saturated rings. The lowest BCUT2D eigenvalue weighted by Crippen LogP contribution is -2.39. The molecule has 0 aromatic heterocycles. The third-order valence-electron chi connectivity index (χ3n) is 2.28. The molecule has 1 amide bonds. The summed E-state index contributed by atoms with van der Waals surface area (Å²) in [5.74, 6) is -0.776. The van der Waals surface area contributed by atoms with Crippen molar-refractivity contribution >= 4 is 11.9 Å². The summed E-state index contributed by atoms with van der Waals surface area (Å²) in [6, 6.07) is -0.304. The van der Waals surface area contributed by atoms with Crippen LogP contribution in [-0.4, -0.2) is 23.0 Å². The first-order valence-electron chi connectivity index (χ1n) is 4.86. The zero-order valence-electron chi connectivity index (χ0n) is 9.20. The number of carboxylic acid groups (broad SMARTS) is 1. The van der Waals surface area contributed by atoms with E-state index in [1.165, 1.54) is 0 Å². The number of carbonyl (C=O) groups is 2. The molecule has 0 aliphatic heterocycles. The van der Waals surface area contributed by atoms with Gasteiger partial charge in [0.25, 0.3) is 0 Å². The molecule has 0 aliphatic rings. The first kappa shape index (κ1) is 12.9. The minimum absolute atomic E-state index is 0.0312. The predicted octanol–water partition coefficient (Wildman–Crippen LogP) is 1.26. The number of rotatable bonds is 5. The van der Waals surface area contributed by atoms with Gasteiger partial charge in [-0.2, -0.15) is 0 Å². The van der Waals surface area contributed by atoms with Crippen molar-refractivity contribution in [3.63, 3.8) is 0 Å². The SMILES string of the molecule is CC(CC(=O)O)NC(=O)C(C)C(C)C. The molecule has 4 nitrogen and oxygen atoms in total. The molecule has 0 aliphatic carbocycles. The van der Waals surface area contributed by atoms with Crippen LogP contribution in [0.25, 0.3) is 0 Å². The number of aliphatic carboxylic acids is 1. The quantitative estimate of drug-likeness (QED) is 0.703. The lowest BCUT2D eigenvalue weighted by atomic mass is 9.97. The van der Waals surface area contributed by atoms with E-state index in [2.05, 4.69) is 5.32 Å². The molecule has 14 heavy (non-hydrogen) atoms. The average Bonchev–Trinajstić information content (AvgIpc) is 2.00. The van der Waals surface area contributed by atoms with Crippen LogP contribution in [0.4, 0.5) is 0 Å². The van der Waals surface area contributed by atoms with Gasteiger partial charge in [0, 0.05) is 12.0 Å². The van der Waals surface area contributed by atoms with Crippen molar-refractivity contribution in [2.75, 3.05) is 0 Å². The largest absolute Gasteiger partial charge is 0.481 e.